The second-order valence-electron chi connectivity index (χ2n) is 7.21. The molecular formula is C20H35N5. The Hall–Kier alpha value is -1.59. The Kier molecular flexibility index (Phi) is 8.22. The van der Waals surface area contributed by atoms with E-state index in [0.29, 0.717) is 18.5 Å². The normalized spacial score (nSPS) is 18.4. The van der Waals surface area contributed by atoms with Crippen molar-refractivity contribution >= 4 is 5.96 Å². The lowest BCUT2D eigenvalue weighted by Crippen LogP contribution is -2.55. The van der Waals surface area contributed by atoms with Gasteiger partial charge in [-0.3, -0.25) is 4.90 Å². The summed E-state index contributed by atoms with van der Waals surface area (Å²) in [6, 6.07) is 10.9. The van der Waals surface area contributed by atoms with Crippen molar-refractivity contribution in [1.82, 2.24) is 20.4 Å². The molecule has 0 saturated carbocycles. The molecule has 1 unspecified atom stereocenters. The van der Waals surface area contributed by atoms with E-state index in [4.69, 9.17) is 4.99 Å². The molecule has 1 fully saturated rings. The van der Waals surface area contributed by atoms with Crippen LogP contribution in [0, 0.1) is 5.92 Å². The summed E-state index contributed by atoms with van der Waals surface area (Å²) < 4.78 is 0. The summed E-state index contributed by atoms with van der Waals surface area (Å²) >= 11 is 0. The smallest absolute Gasteiger partial charge is 0.191 e. The number of aliphatic imine (C=N–C) groups is 1. The monoisotopic (exact) mass is 345 g/mol. The number of benzene rings is 1. The molecule has 25 heavy (non-hydrogen) atoms. The van der Waals surface area contributed by atoms with Gasteiger partial charge in [0, 0.05) is 45.3 Å². The van der Waals surface area contributed by atoms with Crippen LogP contribution >= 0.6 is 0 Å². The van der Waals surface area contributed by atoms with Crippen LogP contribution in [0.1, 0.15) is 26.3 Å². The zero-order valence-corrected chi connectivity index (χ0v) is 16.3. The summed E-state index contributed by atoms with van der Waals surface area (Å²) in [5.74, 6) is 1.53. The molecule has 1 saturated heterocycles. The Balaban J connectivity index is 1.92. The van der Waals surface area contributed by atoms with Crippen LogP contribution in [0.3, 0.4) is 0 Å². The van der Waals surface area contributed by atoms with Gasteiger partial charge >= 0.3 is 0 Å². The molecule has 1 atom stereocenters. The topological polar surface area (TPSA) is 42.9 Å². The van der Waals surface area contributed by atoms with E-state index in [2.05, 4.69) is 72.5 Å². The fraction of sp³-hybridized carbons (Fsp3) is 0.650. The highest BCUT2D eigenvalue weighted by Crippen LogP contribution is 2.12. The van der Waals surface area contributed by atoms with E-state index in [1.807, 2.05) is 6.07 Å². The van der Waals surface area contributed by atoms with Crippen molar-refractivity contribution in [2.24, 2.45) is 10.9 Å². The predicted octanol–water partition coefficient (Wildman–Crippen LogP) is 2.01. The van der Waals surface area contributed by atoms with E-state index in [1.165, 1.54) is 5.56 Å². The maximum atomic E-state index is 4.74. The minimum Gasteiger partial charge on any atom is -0.357 e. The average molecular weight is 346 g/mol. The first-order chi connectivity index (χ1) is 12.1. The first-order valence-corrected chi connectivity index (χ1v) is 9.58. The second-order valence-corrected chi connectivity index (χ2v) is 7.21. The van der Waals surface area contributed by atoms with Gasteiger partial charge in [-0.05, 0) is 25.5 Å². The average Bonchev–Trinajstić information content (AvgIpc) is 2.62. The van der Waals surface area contributed by atoms with Crippen molar-refractivity contribution in [2.75, 3.05) is 46.3 Å². The van der Waals surface area contributed by atoms with Gasteiger partial charge in [-0.2, -0.15) is 0 Å². The number of nitrogens with zero attached hydrogens (tertiary/aromatic N) is 3. The highest BCUT2D eigenvalue weighted by atomic mass is 15.3. The molecule has 1 heterocycles. The maximum Gasteiger partial charge on any atom is 0.191 e. The molecule has 0 amide bonds. The van der Waals surface area contributed by atoms with Crippen LogP contribution in [0.5, 0.6) is 0 Å². The van der Waals surface area contributed by atoms with Crippen LogP contribution < -0.4 is 10.6 Å². The van der Waals surface area contributed by atoms with Gasteiger partial charge in [0.1, 0.15) is 0 Å². The molecule has 1 aliphatic rings. The fourth-order valence-electron chi connectivity index (χ4n) is 3.24. The van der Waals surface area contributed by atoms with Gasteiger partial charge in [0.05, 0.1) is 6.54 Å². The largest absolute Gasteiger partial charge is 0.357 e. The quantitative estimate of drug-likeness (QED) is 0.586. The van der Waals surface area contributed by atoms with Crippen molar-refractivity contribution in [1.29, 1.82) is 0 Å². The molecule has 0 bridgehead atoms. The van der Waals surface area contributed by atoms with Crippen LogP contribution in [0.15, 0.2) is 35.3 Å². The van der Waals surface area contributed by atoms with Crippen molar-refractivity contribution in [2.45, 2.75) is 33.4 Å². The van der Waals surface area contributed by atoms with Crippen LogP contribution in [-0.4, -0.2) is 68.1 Å². The van der Waals surface area contributed by atoms with Gasteiger partial charge in [-0.15, -0.1) is 0 Å². The molecule has 5 nitrogen and oxygen atoms in total. The zero-order valence-electron chi connectivity index (χ0n) is 16.3. The summed E-state index contributed by atoms with van der Waals surface area (Å²) in [4.78, 5) is 9.77. The summed E-state index contributed by atoms with van der Waals surface area (Å²) in [5, 5.41) is 6.93. The lowest BCUT2D eigenvalue weighted by Gasteiger charge is -2.40. The first kappa shape index (κ1) is 19.7. The SMILES string of the molecule is CCNC(=NCc1ccccc1)NCC(C(C)C)N1CCN(C)CC1. The van der Waals surface area contributed by atoms with Gasteiger partial charge in [-0.1, -0.05) is 44.2 Å². The number of nitrogens with one attached hydrogen (secondary N) is 2. The van der Waals surface area contributed by atoms with Crippen LogP contribution in [0.2, 0.25) is 0 Å². The highest BCUT2D eigenvalue weighted by Gasteiger charge is 2.24. The minimum absolute atomic E-state index is 0.536. The van der Waals surface area contributed by atoms with Crippen molar-refractivity contribution in [3.05, 3.63) is 35.9 Å². The number of rotatable bonds is 7. The highest BCUT2D eigenvalue weighted by molar-refractivity contribution is 5.79. The maximum absolute atomic E-state index is 4.74. The van der Waals surface area contributed by atoms with Crippen molar-refractivity contribution in [3.8, 4) is 0 Å². The number of hydrogen-bond donors (Lipinski definition) is 2. The Morgan fingerprint density at radius 2 is 1.76 bits per heavy atom. The Labute approximate surface area is 153 Å². The molecule has 1 aromatic carbocycles. The lowest BCUT2D eigenvalue weighted by atomic mass is 10.0. The van der Waals surface area contributed by atoms with E-state index in [-0.39, 0.29) is 0 Å². The first-order valence-electron chi connectivity index (χ1n) is 9.58. The molecule has 1 aliphatic heterocycles. The van der Waals surface area contributed by atoms with E-state index in [9.17, 15) is 0 Å². The standard InChI is InChI=1S/C20H35N5/c1-5-21-20(22-15-18-9-7-6-8-10-18)23-16-19(17(2)3)25-13-11-24(4)12-14-25/h6-10,17,19H,5,11-16H2,1-4H3,(H2,21,22,23). The minimum atomic E-state index is 0.536. The van der Waals surface area contributed by atoms with E-state index in [1.54, 1.807) is 0 Å². The van der Waals surface area contributed by atoms with Gasteiger partial charge < -0.3 is 15.5 Å². The third-order valence-corrected chi connectivity index (χ3v) is 4.86. The molecule has 1 aromatic rings. The summed E-state index contributed by atoms with van der Waals surface area (Å²) in [7, 11) is 2.21. The van der Waals surface area contributed by atoms with Crippen LogP contribution in [0.4, 0.5) is 0 Å². The molecule has 0 radical (unpaired) electrons. The van der Waals surface area contributed by atoms with Crippen molar-refractivity contribution < 1.29 is 0 Å². The molecule has 0 aromatic heterocycles. The number of guanidine groups is 1. The molecule has 2 rings (SSSR count). The number of piperazine rings is 1. The third-order valence-electron chi connectivity index (χ3n) is 4.86. The van der Waals surface area contributed by atoms with Gasteiger partial charge in [0.15, 0.2) is 5.96 Å². The molecular weight excluding hydrogens is 310 g/mol. The number of likely N-dealkylation sites (N-methyl/N-ethyl adjacent to an activating group) is 1. The summed E-state index contributed by atoms with van der Waals surface area (Å²) in [6.07, 6.45) is 0. The molecule has 2 N–H and O–H groups in total. The molecule has 0 spiro atoms. The Morgan fingerprint density at radius 1 is 1.08 bits per heavy atom. The van der Waals surface area contributed by atoms with Gasteiger partial charge in [0.2, 0.25) is 0 Å². The summed E-state index contributed by atoms with van der Waals surface area (Å²) in [6.45, 7) is 13.9. The predicted molar refractivity (Wildman–Crippen MR) is 107 cm³/mol. The zero-order chi connectivity index (χ0) is 18.1. The summed E-state index contributed by atoms with van der Waals surface area (Å²) in [5.41, 5.74) is 1.24. The Morgan fingerprint density at radius 3 is 2.36 bits per heavy atom. The van der Waals surface area contributed by atoms with Crippen molar-refractivity contribution in [3.63, 3.8) is 0 Å². The lowest BCUT2D eigenvalue weighted by molar-refractivity contribution is 0.0900. The van der Waals surface area contributed by atoms with E-state index < -0.39 is 0 Å². The fourth-order valence-corrected chi connectivity index (χ4v) is 3.24. The molecule has 0 aliphatic carbocycles. The second kappa shape index (κ2) is 10.4. The third kappa shape index (κ3) is 6.67. The molecule has 5 heteroatoms. The Bertz CT molecular complexity index is 506. The van der Waals surface area contributed by atoms with E-state index >= 15 is 0 Å². The van der Waals surface area contributed by atoms with E-state index in [0.717, 1.165) is 45.2 Å². The van der Waals surface area contributed by atoms with Crippen LogP contribution in [-0.2, 0) is 6.54 Å². The van der Waals surface area contributed by atoms with Crippen LogP contribution in [0.25, 0.3) is 0 Å². The molecule has 140 valence electrons. The van der Waals surface area contributed by atoms with Gasteiger partial charge in [0.25, 0.3) is 0 Å². The van der Waals surface area contributed by atoms with Gasteiger partial charge in [-0.25, -0.2) is 4.99 Å². The number of hydrogen-bond acceptors (Lipinski definition) is 3.